The first-order valence-electron chi connectivity index (χ1n) is 9.34. The van der Waals surface area contributed by atoms with Crippen LogP contribution in [0.4, 0.5) is 0 Å². The fraction of sp³-hybridized carbons (Fsp3) is 0.160. The van der Waals surface area contributed by atoms with Crippen molar-refractivity contribution in [3.63, 3.8) is 0 Å². The smallest absolute Gasteiger partial charge is 0.330 e. The number of carbonyl (C=O) groups excluding carboxylic acids is 1. The van der Waals surface area contributed by atoms with Gasteiger partial charge in [-0.15, -0.1) is 0 Å². The van der Waals surface area contributed by atoms with Gasteiger partial charge < -0.3 is 9.84 Å². The largest absolute Gasteiger partial charge is 0.508 e. The van der Waals surface area contributed by atoms with Crippen LogP contribution in [0.2, 0.25) is 0 Å². The molecule has 0 saturated carbocycles. The molecule has 0 aliphatic carbocycles. The molecule has 0 atom stereocenters. The zero-order valence-corrected chi connectivity index (χ0v) is 16.4. The van der Waals surface area contributed by atoms with Crippen LogP contribution in [0.1, 0.15) is 23.6 Å². The minimum atomic E-state index is -0.400. The maximum atomic E-state index is 11.7. The summed E-state index contributed by atoms with van der Waals surface area (Å²) in [5.41, 5.74) is 7.50. The number of aromatic hydroxyl groups is 1. The van der Waals surface area contributed by atoms with Crippen molar-refractivity contribution >= 4 is 12.0 Å². The maximum Gasteiger partial charge on any atom is 0.330 e. The molecule has 0 spiro atoms. The summed E-state index contributed by atoms with van der Waals surface area (Å²) in [5.74, 6) is -0.247. The van der Waals surface area contributed by atoms with Crippen LogP contribution < -0.4 is 0 Å². The summed E-state index contributed by atoms with van der Waals surface area (Å²) < 4.78 is 4.94. The van der Waals surface area contributed by atoms with Crippen molar-refractivity contribution in [2.24, 2.45) is 0 Å². The van der Waals surface area contributed by atoms with Crippen molar-refractivity contribution in [2.75, 3.05) is 6.61 Å². The SMILES string of the molecule is CCOC(=O)C=Cc1cc(O)ccc1-c1ccc(-c2cccc(C)c2)c(C)c1. The van der Waals surface area contributed by atoms with Crippen LogP contribution >= 0.6 is 0 Å². The zero-order chi connectivity index (χ0) is 20.1. The number of hydrogen-bond donors (Lipinski definition) is 1. The van der Waals surface area contributed by atoms with Crippen molar-refractivity contribution in [1.82, 2.24) is 0 Å². The van der Waals surface area contributed by atoms with E-state index in [0.717, 1.165) is 22.3 Å². The molecule has 0 amide bonds. The van der Waals surface area contributed by atoms with Crippen LogP contribution in [0.3, 0.4) is 0 Å². The molecule has 142 valence electrons. The molecule has 0 aliphatic rings. The van der Waals surface area contributed by atoms with Gasteiger partial charge in [0.2, 0.25) is 0 Å². The molecule has 0 radical (unpaired) electrons. The lowest BCUT2D eigenvalue weighted by atomic mass is 9.93. The number of rotatable bonds is 5. The average Bonchev–Trinajstić information content (AvgIpc) is 2.66. The Morgan fingerprint density at radius 2 is 1.71 bits per heavy atom. The summed E-state index contributed by atoms with van der Waals surface area (Å²) >= 11 is 0. The third kappa shape index (κ3) is 4.49. The first-order valence-corrected chi connectivity index (χ1v) is 9.34. The predicted octanol–water partition coefficient (Wildman–Crippen LogP) is 5.92. The number of benzene rings is 3. The van der Waals surface area contributed by atoms with E-state index in [9.17, 15) is 9.90 Å². The van der Waals surface area contributed by atoms with E-state index in [4.69, 9.17) is 4.74 Å². The van der Waals surface area contributed by atoms with Gasteiger partial charge in [-0.2, -0.15) is 0 Å². The standard InChI is InChI=1S/C25H24O3/c1-4-28-25(27)13-9-21-16-22(26)10-12-24(21)20-8-11-23(18(3)15-20)19-7-5-6-17(2)14-19/h5-16,26H,4H2,1-3H3. The molecule has 0 bridgehead atoms. The van der Waals surface area contributed by atoms with Crippen molar-refractivity contribution in [3.8, 4) is 28.0 Å². The van der Waals surface area contributed by atoms with E-state index in [1.165, 1.54) is 22.8 Å². The Kier molecular flexibility index (Phi) is 5.95. The number of phenols is 1. The second-order valence-corrected chi connectivity index (χ2v) is 6.76. The minimum Gasteiger partial charge on any atom is -0.508 e. The molecular formula is C25H24O3. The molecule has 0 aromatic heterocycles. The van der Waals surface area contributed by atoms with E-state index in [-0.39, 0.29) is 5.75 Å². The summed E-state index contributed by atoms with van der Waals surface area (Å²) in [7, 11) is 0. The molecule has 3 aromatic rings. The molecule has 3 rings (SSSR count). The Labute approximate surface area is 165 Å². The quantitative estimate of drug-likeness (QED) is 0.447. The topological polar surface area (TPSA) is 46.5 Å². The minimum absolute atomic E-state index is 0.153. The summed E-state index contributed by atoms with van der Waals surface area (Å²) in [4.78, 5) is 11.7. The van der Waals surface area contributed by atoms with E-state index in [0.29, 0.717) is 6.61 Å². The summed E-state index contributed by atoms with van der Waals surface area (Å²) in [6.45, 7) is 6.28. The lowest BCUT2D eigenvalue weighted by Crippen LogP contribution is -1.98. The van der Waals surface area contributed by atoms with Gasteiger partial charge in [0.1, 0.15) is 5.75 Å². The Balaban J connectivity index is 2.00. The summed E-state index contributed by atoms with van der Waals surface area (Å²) in [6.07, 6.45) is 3.06. The van der Waals surface area contributed by atoms with E-state index in [1.807, 2.05) is 6.07 Å². The van der Waals surface area contributed by atoms with Crippen LogP contribution in [0, 0.1) is 13.8 Å². The molecule has 0 heterocycles. The third-order valence-electron chi connectivity index (χ3n) is 4.59. The number of aryl methyl sites for hydroxylation is 2. The van der Waals surface area contributed by atoms with Crippen LogP contribution in [0.5, 0.6) is 5.75 Å². The highest BCUT2D eigenvalue weighted by Gasteiger charge is 2.09. The molecule has 0 aliphatic heterocycles. The van der Waals surface area contributed by atoms with Crippen LogP contribution in [0.25, 0.3) is 28.3 Å². The molecule has 28 heavy (non-hydrogen) atoms. The summed E-state index contributed by atoms with van der Waals surface area (Å²) in [6, 6.07) is 19.9. The Bertz CT molecular complexity index is 1030. The van der Waals surface area contributed by atoms with Crippen molar-refractivity contribution in [1.29, 1.82) is 0 Å². The fourth-order valence-electron chi connectivity index (χ4n) is 3.27. The summed E-state index contributed by atoms with van der Waals surface area (Å²) in [5, 5.41) is 9.88. The number of carbonyl (C=O) groups is 1. The van der Waals surface area contributed by atoms with E-state index in [1.54, 1.807) is 25.1 Å². The average molecular weight is 372 g/mol. The van der Waals surface area contributed by atoms with Gasteiger partial charge >= 0.3 is 5.97 Å². The lowest BCUT2D eigenvalue weighted by Gasteiger charge is -2.12. The van der Waals surface area contributed by atoms with Gasteiger partial charge in [0.25, 0.3) is 0 Å². The highest BCUT2D eigenvalue weighted by Crippen LogP contribution is 2.32. The van der Waals surface area contributed by atoms with Gasteiger partial charge in [-0.3, -0.25) is 0 Å². The van der Waals surface area contributed by atoms with Gasteiger partial charge in [-0.1, -0.05) is 54.1 Å². The van der Waals surface area contributed by atoms with Crippen LogP contribution in [-0.2, 0) is 9.53 Å². The van der Waals surface area contributed by atoms with Crippen LogP contribution in [-0.4, -0.2) is 17.7 Å². The Hall–Kier alpha value is -3.33. The van der Waals surface area contributed by atoms with E-state index in [2.05, 4.69) is 56.3 Å². The number of phenolic OH excluding ortho intramolecular Hbond substituents is 1. The zero-order valence-electron chi connectivity index (χ0n) is 16.4. The van der Waals surface area contributed by atoms with Gasteiger partial charge in [0, 0.05) is 6.08 Å². The second-order valence-electron chi connectivity index (χ2n) is 6.76. The Morgan fingerprint density at radius 3 is 2.43 bits per heavy atom. The molecule has 0 unspecified atom stereocenters. The first-order chi connectivity index (χ1) is 13.5. The van der Waals surface area contributed by atoms with Crippen molar-refractivity contribution in [3.05, 3.63) is 83.4 Å². The number of esters is 1. The number of hydrogen-bond acceptors (Lipinski definition) is 3. The molecule has 3 aromatic carbocycles. The molecule has 0 fully saturated rings. The number of ether oxygens (including phenoxy) is 1. The normalized spacial score (nSPS) is 11.0. The van der Waals surface area contributed by atoms with E-state index < -0.39 is 5.97 Å². The molecule has 1 N–H and O–H groups in total. The van der Waals surface area contributed by atoms with E-state index >= 15 is 0 Å². The van der Waals surface area contributed by atoms with Crippen molar-refractivity contribution < 1.29 is 14.6 Å². The third-order valence-corrected chi connectivity index (χ3v) is 4.59. The van der Waals surface area contributed by atoms with Crippen LogP contribution in [0.15, 0.2) is 66.7 Å². The molecule has 0 saturated heterocycles. The lowest BCUT2D eigenvalue weighted by molar-refractivity contribution is -0.137. The van der Waals surface area contributed by atoms with Crippen molar-refractivity contribution in [2.45, 2.75) is 20.8 Å². The maximum absolute atomic E-state index is 11.7. The first kappa shape index (κ1) is 19.4. The fourth-order valence-corrected chi connectivity index (χ4v) is 3.27. The highest BCUT2D eigenvalue weighted by atomic mass is 16.5. The monoisotopic (exact) mass is 372 g/mol. The van der Waals surface area contributed by atoms with Gasteiger partial charge in [-0.05, 0) is 72.4 Å². The van der Waals surface area contributed by atoms with Gasteiger partial charge in [0.15, 0.2) is 0 Å². The molecule has 3 heteroatoms. The highest BCUT2D eigenvalue weighted by molar-refractivity contribution is 5.89. The Morgan fingerprint density at radius 1 is 0.964 bits per heavy atom. The van der Waals surface area contributed by atoms with Gasteiger partial charge in [0.05, 0.1) is 6.61 Å². The molecule has 3 nitrogen and oxygen atoms in total. The predicted molar refractivity (Wildman–Crippen MR) is 114 cm³/mol. The second kappa shape index (κ2) is 8.57. The van der Waals surface area contributed by atoms with Gasteiger partial charge in [-0.25, -0.2) is 4.79 Å². The molecular weight excluding hydrogens is 348 g/mol.